The summed E-state index contributed by atoms with van der Waals surface area (Å²) in [6, 6.07) is -1.33. The predicted octanol–water partition coefficient (Wildman–Crippen LogP) is 0.153. The molecule has 1 N–H and O–H groups in total. The number of hydrogen-bond acceptors (Lipinski definition) is 10. The first-order valence-corrected chi connectivity index (χ1v) is 9.52. The van der Waals surface area contributed by atoms with Gasteiger partial charge in [0.05, 0.1) is 13.2 Å². The van der Waals surface area contributed by atoms with Crippen molar-refractivity contribution in [3.05, 3.63) is 0 Å². The Morgan fingerprint density at radius 2 is 1.74 bits per heavy atom. The minimum Gasteiger partial charge on any atom is -0.466 e. The molecule has 13 heteroatoms. The summed E-state index contributed by atoms with van der Waals surface area (Å²) >= 11 is 6.22. The van der Waals surface area contributed by atoms with Crippen LogP contribution < -0.4 is 5.32 Å². The van der Waals surface area contributed by atoms with Gasteiger partial charge in [0, 0.05) is 34.1 Å². The number of esters is 4. The molecule has 1 aliphatic heterocycles. The van der Waals surface area contributed by atoms with E-state index in [2.05, 4.69) is 10.1 Å². The molecular formula is C18H25ClFNO10. The van der Waals surface area contributed by atoms with Gasteiger partial charge in [-0.05, 0) is 0 Å². The highest BCUT2D eigenvalue weighted by Gasteiger charge is 2.56. The molecule has 1 amide bonds. The van der Waals surface area contributed by atoms with Crippen LogP contribution in [0, 0.1) is 0 Å². The smallest absolute Gasteiger partial charge is 0.354 e. The number of methoxy groups -OCH3 is 1. The van der Waals surface area contributed by atoms with Crippen LogP contribution in [0.15, 0.2) is 0 Å². The molecule has 0 radical (unpaired) electrons. The minimum absolute atomic E-state index is 0.475. The summed E-state index contributed by atoms with van der Waals surface area (Å²) in [5.41, 5.74) is 0. The average molecular weight is 470 g/mol. The lowest BCUT2D eigenvalue weighted by Crippen LogP contribution is -2.66. The van der Waals surface area contributed by atoms with Crippen LogP contribution in [0.3, 0.4) is 0 Å². The van der Waals surface area contributed by atoms with E-state index in [9.17, 15) is 24.0 Å². The van der Waals surface area contributed by atoms with Crippen LogP contribution in [-0.4, -0.2) is 79.1 Å². The standard InChI is InChI=1S/C18H25ClFNO10/c1-8(22)21-15-12(29-10(3)24)6-18(19,17(26)27-5)31-16(15)14(20)13(30-11(4)25)7-28-9(2)23/h12-16H,6-7H2,1-5H3,(H,21,22)/t12-,13+,14+,15+,16-,18-/m0/s1. The van der Waals surface area contributed by atoms with E-state index in [1.165, 1.54) is 0 Å². The van der Waals surface area contributed by atoms with Crippen LogP contribution in [0.5, 0.6) is 0 Å². The van der Waals surface area contributed by atoms with Crippen molar-refractivity contribution in [3.8, 4) is 0 Å². The fourth-order valence-corrected chi connectivity index (χ4v) is 3.37. The second kappa shape index (κ2) is 11.2. The van der Waals surface area contributed by atoms with Gasteiger partial charge >= 0.3 is 23.9 Å². The molecule has 31 heavy (non-hydrogen) atoms. The maximum Gasteiger partial charge on any atom is 0.354 e. The van der Waals surface area contributed by atoms with Crippen LogP contribution >= 0.6 is 11.6 Å². The third-order valence-electron chi connectivity index (χ3n) is 4.16. The van der Waals surface area contributed by atoms with E-state index in [0.717, 1.165) is 34.8 Å². The number of hydrogen-bond donors (Lipinski definition) is 1. The highest BCUT2D eigenvalue weighted by atomic mass is 35.5. The summed E-state index contributed by atoms with van der Waals surface area (Å²) in [7, 11) is 1.01. The fourth-order valence-electron chi connectivity index (χ4n) is 3.03. The Balaban J connectivity index is 3.39. The van der Waals surface area contributed by atoms with Crippen molar-refractivity contribution in [1.29, 1.82) is 0 Å². The van der Waals surface area contributed by atoms with Gasteiger partial charge in [0.15, 0.2) is 12.3 Å². The zero-order chi connectivity index (χ0) is 23.9. The van der Waals surface area contributed by atoms with Crippen molar-refractivity contribution in [2.24, 2.45) is 0 Å². The lowest BCUT2D eigenvalue weighted by Gasteiger charge is -2.45. The first kappa shape index (κ1) is 26.6. The number of ether oxygens (including phenoxy) is 5. The molecule has 1 heterocycles. The number of amides is 1. The summed E-state index contributed by atoms with van der Waals surface area (Å²) in [5, 5.41) is 0.119. The van der Waals surface area contributed by atoms with Gasteiger partial charge in [-0.15, -0.1) is 0 Å². The molecule has 0 aromatic rings. The zero-order valence-electron chi connectivity index (χ0n) is 17.6. The Kier molecular flexibility index (Phi) is 9.63. The Labute approximate surface area is 182 Å². The number of rotatable bonds is 8. The molecule has 0 unspecified atom stereocenters. The highest BCUT2D eigenvalue weighted by Crippen LogP contribution is 2.38. The molecular weight excluding hydrogens is 445 g/mol. The van der Waals surface area contributed by atoms with Gasteiger partial charge in [-0.1, -0.05) is 11.6 Å². The quantitative estimate of drug-likeness (QED) is 0.296. The number of alkyl halides is 2. The highest BCUT2D eigenvalue weighted by molar-refractivity contribution is 6.32. The van der Waals surface area contributed by atoms with E-state index >= 15 is 4.39 Å². The third kappa shape index (κ3) is 7.62. The first-order chi connectivity index (χ1) is 14.3. The van der Waals surface area contributed by atoms with Crippen molar-refractivity contribution in [2.45, 2.75) is 69.7 Å². The van der Waals surface area contributed by atoms with Gasteiger partial charge in [0.25, 0.3) is 0 Å². The molecule has 0 aliphatic carbocycles. The maximum absolute atomic E-state index is 15.6. The lowest BCUT2D eigenvalue weighted by atomic mass is 9.90. The van der Waals surface area contributed by atoms with Crippen LogP contribution in [0.2, 0.25) is 0 Å². The summed E-state index contributed by atoms with van der Waals surface area (Å²) in [6.45, 7) is 3.57. The molecule has 11 nitrogen and oxygen atoms in total. The van der Waals surface area contributed by atoms with Gasteiger partial charge in [-0.3, -0.25) is 19.2 Å². The summed E-state index contributed by atoms with van der Waals surface area (Å²) in [5.74, 6) is -4.20. The average Bonchev–Trinajstić information content (AvgIpc) is 2.64. The van der Waals surface area contributed by atoms with Crippen molar-refractivity contribution < 1.29 is 52.0 Å². The molecule has 0 aromatic carbocycles. The number of carbonyl (C=O) groups is 5. The lowest BCUT2D eigenvalue weighted by molar-refractivity contribution is -0.210. The van der Waals surface area contributed by atoms with Crippen molar-refractivity contribution in [2.75, 3.05) is 13.7 Å². The molecule has 1 aliphatic rings. The topological polar surface area (TPSA) is 144 Å². The van der Waals surface area contributed by atoms with Crippen LogP contribution in [0.4, 0.5) is 4.39 Å². The first-order valence-electron chi connectivity index (χ1n) is 9.14. The van der Waals surface area contributed by atoms with E-state index < -0.39 is 78.4 Å². The van der Waals surface area contributed by atoms with Crippen LogP contribution in [0.25, 0.3) is 0 Å². The molecule has 0 aromatic heterocycles. The van der Waals surface area contributed by atoms with E-state index in [0.29, 0.717) is 0 Å². The molecule has 1 saturated heterocycles. The second-order valence-electron chi connectivity index (χ2n) is 6.78. The van der Waals surface area contributed by atoms with E-state index in [1.807, 2.05) is 0 Å². The van der Waals surface area contributed by atoms with Crippen LogP contribution in [-0.2, 0) is 47.7 Å². The van der Waals surface area contributed by atoms with Gasteiger partial charge in [-0.25, -0.2) is 9.18 Å². The normalized spacial score (nSPS) is 27.3. The molecule has 6 atom stereocenters. The van der Waals surface area contributed by atoms with E-state index in [-0.39, 0.29) is 0 Å². The van der Waals surface area contributed by atoms with Crippen LogP contribution in [0.1, 0.15) is 34.1 Å². The molecule has 1 rings (SSSR count). The van der Waals surface area contributed by atoms with Gasteiger partial charge in [0.1, 0.15) is 18.8 Å². The Bertz CT molecular complexity index is 719. The molecule has 1 fully saturated rings. The Morgan fingerprint density at radius 3 is 2.19 bits per heavy atom. The largest absolute Gasteiger partial charge is 0.466 e. The molecule has 176 valence electrons. The van der Waals surface area contributed by atoms with Crippen molar-refractivity contribution in [3.63, 3.8) is 0 Å². The number of halogens is 2. The molecule has 0 bridgehead atoms. The summed E-state index contributed by atoms with van der Waals surface area (Å²) in [4.78, 5) is 58.0. The van der Waals surface area contributed by atoms with Gasteiger partial charge in [0.2, 0.25) is 11.0 Å². The van der Waals surface area contributed by atoms with Crippen molar-refractivity contribution in [1.82, 2.24) is 5.32 Å². The maximum atomic E-state index is 15.6. The molecule has 0 saturated carbocycles. The van der Waals surface area contributed by atoms with Crippen molar-refractivity contribution >= 4 is 41.4 Å². The number of carbonyl (C=O) groups excluding carboxylic acids is 5. The fraction of sp³-hybridized carbons (Fsp3) is 0.722. The van der Waals surface area contributed by atoms with E-state index in [1.54, 1.807) is 0 Å². The Morgan fingerprint density at radius 1 is 1.13 bits per heavy atom. The summed E-state index contributed by atoms with van der Waals surface area (Å²) < 4.78 is 40.4. The van der Waals surface area contributed by atoms with E-state index in [4.69, 9.17) is 30.5 Å². The number of nitrogens with one attached hydrogen (secondary N) is 1. The van der Waals surface area contributed by atoms with Gasteiger partial charge < -0.3 is 29.0 Å². The van der Waals surface area contributed by atoms with Gasteiger partial charge in [-0.2, -0.15) is 0 Å². The predicted molar refractivity (Wildman–Crippen MR) is 100 cm³/mol. The SMILES string of the molecule is COC(=O)[C@]1(Cl)C[C@H](OC(C)=O)[C@@H](NC(C)=O)[C@H]([C@H](F)[C@@H](COC(C)=O)OC(C)=O)O1. The third-order valence-corrected chi connectivity index (χ3v) is 4.55. The summed E-state index contributed by atoms with van der Waals surface area (Å²) in [6.07, 6.45) is -7.50. The molecule has 0 spiro atoms. The second-order valence-corrected chi connectivity index (χ2v) is 7.39. The monoisotopic (exact) mass is 469 g/mol. The minimum atomic E-state index is -2.28. The Hall–Kier alpha value is -2.47. The zero-order valence-corrected chi connectivity index (χ0v) is 18.4.